The number of phenolic OH excluding ortho intramolecular Hbond substituents is 1. The minimum Gasteiger partial charge on any atom is -0.504 e. The number of methoxy groups -OCH3 is 1. The van der Waals surface area contributed by atoms with Gasteiger partial charge in [0.25, 0.3) is 5.91 Å². The van der Waals surface area contributed by atoms with Crippen LogP contribution in [-0.4, -0.2) is 85.7 Å². The number of aromatic hydroxyl groups is 1. The topological polar surface area (TPSA) is 244 Å². The van der Waals surface area contributed by atoms with Gasteiger partial charge < -0.3 is 30.7 Å². The number of nitrogens with zero attached hydrogens (tertiary/aromatic N) is 1. The Morgan fingerprint density at radius 2 is 1.69 bits per heavy atom. The SMILES string of the molecule is CCS(=O)(=O)Nc1cc(C(N)C(=O)N[C@@H]2C(=O)N3C(OC(=O)O)=C(OC)CS[C@@H]23)cc(NS(=O)(=O)CC)c1O. The van der Waals surface area contributed by atoms with Crippen molar-refractivity contribution in [2.24, 2.45) is 5.73 Å². The van der Waals surface area contributed by atoms with Crippen LogP contribution in [-0.2, 0) is 39.1 Å². The highest BCUT2D eigenvalue weighted by Crippen LogP contribution is 2.41. The molecule has 1 fully saturated rings. The maximum Gasteiger partial charge on any atom is 0.512 e. The third kappa shape index (κ3) is 6.43. The van der Waals surface area contributed by atoms with Gasteiger partial charge in [-0.1, -0.05) is 0 Å². The van der Waals surface area contributed by atoms with E-state index in [-0.39, 0.29) is 34.5 Å². The van der Waals surface area contributed by atoms with Gasteiger partial charge in [0.05, 0.1) is 35.7 Å². The van der Waals surface area contributed by atoms with E-state index in [1.165, 1.54) is 32.7 Å². The lowest BCUT2D eigenvalue weighted by Crippen LogP contribution is -2.70. The lowest BCUT2D eigenvalue weighted by molar-refractivity contribution is -0.149. The second-order valence-electron chi connectivity index (χ2n) is 8.15. The molecule has 1 aromatic carbocycles. The van der Waals surface area contributed by atoms with Gasteiger partial charge in [0.1, 0.15) is 17.5 Å². The number of nitrogens with two attached hydrogens (primary N) is 1. The molecule has 2 heterocycles. The number of fused-ring (bicyclic) bond motifs is 1. The number of sulfonamides is 2. The van der Waals surface area contributed by atoms with Crippen LogP contribution in [0.15, 0.2) is 23.8 Å². The molecule has 0 saturated carbocycles. The number of amides is 2. The number of hydrogen-bond donors (Lipinski definition) is 6. The number of ether oxygens (including phenoxy) is 2. The first-order chi connectivity index (χ1) is 18.1. The van der Waals surface area contributed by atoms with Crippen LogP contribution < -0.4 is 20.5 Å². The third-order valence-electron chi connectivity index (χ3n) is 5.68. The fourth-order valence-electron chi connectivity index (χ4n) is 3.54. The lowest BCUT2D eigenvalue weighted by Gasteiger charge is -2.48. The van der Waals surface area contributed by atoms with Crippen molar-refractivity contribution in [2.45, 2.75) is 31.3 Å². The average Bonchev–Trinajstić information content (AvgIpc) is 2.87. The molecule has 19 heteroatoms. The maximum atomic E-state index is 13.0. The van der Waals surface area contributed by atoms with Gasteiger partial charge in [0, 0.05) is 0 Å². The molecule has 1 saturated heterocycles. The zero-order valence-electron chi connectivity index (χ0n) is 20.8. The summed E-state index contributed by atoms with van der Waals surface area (Å²) in [7, 11) is -6.57. The van der Waals surface area contributed by atoms with Crippen LogP contribution >= 0.6 is 11.8 Å². The molecule has 0 spiro atoms. The molecule has 3 rings (SSSR count). The van der Waals surface area contributed by atoms with Crippen molar-refractivity contribution in [3.63, 3.8) is 0 Å². The summed E-state index contributed by atoms with van der Waals surface area (Å²) in [4.78, 5) is 37.9. The average molecular weight is 610 g/mol. The molecule has 39 heavy (non-hydrogen) atoms. The van der Waals surface area contributed by atoms with Crippen LogP contribution in [0, 0.1) is 0 Å². The van der Waals surface area contributed by atoms with Crippen LogP contribution in [0.2, 0.25) is 0 Å². The van der Waals surface area contributed by atoms with E-state index >= 15 is 0 Å². The van der Waals surface area contributed by atoms with Crippen molar-refractivity contribution in [2.75, 3.05) is 33.8 Å². The predicted octanol–water partition coefficient (Wildman–Crippen LogP) is -0.175. The summed E-state index contributed by atoms with van der Waals surface area (Å²) < 4.78 is 62.5. The smallest absolute Gasteiger partial charge is 0.504 e. The molecule has 7 N–H and O–H groups in total. The van der Waals surface area contributed by atoms with E-state index < -0.39 is 72.6 Å². The molecule has 3 atom stereocenters. The molecule has 2 aliphatic rings. The lowest BCUT2D eigenvalue weighted by atomic mass is 10.0. The summed E-state index contributed by atoms with van der Waals surface area (Å²) in [6, 6.07) is -0.538. The number of anilines is 2. The van der Waals surface area contributed by atoms with Crippen LogP contribution in [0.3, 0.4) is 0 Å². The van der Waals surface area contributed by atoms with Crippen molar-refractivity contribution < 1.29 is 50.9 Å². The highest BCUT2D eigenvalue weighted by Gasteiger charge is 2.55. The predicted molar refractivity (Wildman–Crippen MR) is 139 cm³/mol. The molecule has 2 aliphatic heterocycles. The zero-order chi connectivity index (χ0) is 29.3. The van der Waals surface area contributed by atoms with Gasteiger partial charge in [0.15, 0.2) is 11.5 Å². The van der Waals surface area contributed by atoms with Gasteiger partial charge in [-0.25, -0.2) is 21.6 Å². The Labute approximate surface area is 228 Å². The van der Waals surface area contributed by atoms with Gasteiger partial charge in [-0.15, -0.1) is 11.8 Å². The standard InChI is InChI=1S/C20H27N5O11S3/c1-4-38(31,32)23-10-6-9(7-11(15(10)26)24-39(33,34)5-2)13(21)16(27)22-14-17(28)25-18(36-20(29)30)12(35-3)8-37-19(14)25/h6-7,13-14,19,23-24,26H,4-5,8,21H2,1-3H3,(H,22,27)(H,29,30)/t13?,14-,19+/m1/s1. The summed E-state index contributed by atoms with van der Waals surface area (Å²) in [5, 5.41) is 21.2. The van der Waals surface area contributed by atoms with Gasteiger partial charge in [-0.05, 0) is 31.5 Å². The molecule has 0 radical (unpaired) electrons. The maximum absolute atomic E-state index is 13.0. The Kier molecular flexibility index (Phi) is 8.78. The van der Waals surface area contributed by atoms with Crippen LogP contribution in [0.25, 0.3) is 0 Å². The van der Waals surface area contributed by atoms with Gasteiger partial charge >= 0.3 is 6.16 Å². The molecule has 2 amide bonds. The summed E-state index contributed by atoms with van der Waals surface area (Å²) in [5.41, 5.74) is 5.14. The fourth-order valence-corrected chi connectivity index (χ4v) is 6.10. The zero-order valence-corrected chi connectivity index (χ0v) is 23.3. The van der Waals surface area contributed by atoms with Gasteiger partial charge in [-0.2, -0.15) is 0 Å². The number of rotatable bonds is 11. The summed E-state index contributed by atoms with van der Waals surface area (Å²) in [6.07, 6.45) is -1.66. The molecule has 216 valence electrons. The Morgan fingerprint density at radius 1 is 1.15 bits per heavy atom. The number of hydrogen-bond acceptors (Lipinski definition) is 12. The normalized spacial score (nSPS) is 19.9. The first-order valence-electron chi connectivity index (χ1n) is 11.2. The number of carbonyl (C=O) groups excluding carboxylic acids is 2. The molecular weight excluding hydrogens is 582 g/mol. The first kappa shape index (κ1) is 30.1. The number of β-lactam (4-membered cyclic amide) rings is 1. The van der Waals surface area contributed by atoms with Crippen molar-refractivity contribution >= 4 is 61.2 Å². The van der Waals surface area contributed by atoms with Crippen molar-refractivity contribution in [1.82, 2.24) is 10.2 Å². The Morgan fingerprint density at radius 3 is 2.15 bits per heavy atom. The minimum absolute atomic E-state index is 0.0932. The number of thioether (sulfide) groups is 1. The van der Waals surface area contributed by atoms with Crippen molar-refractivity contribution in [3.05, 3.63) is 29.3 Å². The number of benzene rings is 1. The van der Waals surface area contributed by atoms with E-state index in [0.717, 1.165) is 17.0 Å². The molecule has 16 nitrogen and oxygen atoms in total. The Bertz CT molecular complexity index is 1370. The van der Waals surface area contributed by atoms with Crippen LogP contribution in [0.4, 0.5) is 16.2 Å². The fraction of sp³-hybridized carbons (Fsp3) is 0.450. The van der Waals surface area contributed by atoms with E-state index in [9.17, 15) is 36.3 Å². The first-order valence-corrected chi connectivity index (χ1v) is 15.6. The molecule has 1 unspecified atom stereocenters. The number of carboxylic acid groups (broad SMARTS) is 1. The number of nitrogens with one attached hydrogen (secondary N) is 3. The van der Waals surface area contributed by atoms with Crippen LogP contribution in [0.1, 0.15) is 25.5 Å². The minimum atomic E-state index is -3.93. The van der Waals surface area contributed by atoms with E-state index in [2.05, 4.69) is 14.8 Å². The number of carbonyl (C=O) groups is 3. The summed E-state index contributed by atoms with van der Waals surface area (Å²) >= 11 is 1.17. The van der Waals surface area contributed by atoms with E-state index in [4.69, 9.17) is 20.3 Å². The molecule has 1 aromatic rings. The quantitative estimate of drug-likeness (QED) is 0.108. The molecule has 0 bridgehead atoms. The third-order valence-corrected chi connectivity index (χ3v) is 9.51. The van der Waals surface area contributed by atoms with E-state index in [1.54, 1.807) is 0 Å². The highest BCUT2D eigenvalue weighted by molar-refractivity contribution is 8.00. The van der Waals surface area contributed by atoms with E-state index in [0.29, 0.717) is 0 Å². The summed E-state index contributed by atoms with van der Waals surface area (Å²) in [5.74, 6) is -3.13. The van der Waals surface area contributed by atoms with Crippen molar-refractivity contribution in [3.8, 4) is 5.75 Å². The number of phenols is 1. The van der Waals surface area contributed by atoms with Gasteiger partial charge in [-0.3, -0.25) is 23.9 Å². The highest BCUT2D eigenvalue weighted by atomic mass is 32.2. The Hall–Kier alpha value is -3.42. The molecular formula is C20H27N5O11S3. The van der Waals surface area contributed by atoms with E-state index in [1.807, 2.05) is 0 Å². The second-order valence-corrected chi connectivity index (χ2v) is 13.3. The summed E-state index contributed by atoms with van der Waals surface area (Å²) in [6.45, 7) is 2.67. The van der Waals surface area contributed by atoms with Crippen LogP contribution in [0.5, 0.6) is 5.75 Å². The van der Waals surface area contributed by atoms with Gasteiger partial charge in [0.2, 0.25) is 31.8 Å². The molecule has 0 aliphatic carbocycles. The van der Waals surface area contributed by atoms with Crippen molar-refractivity contribution in [1.29, 1.82) is 0 Å². The largest absolute Gasteiger partial charge is 0.512 e. The monoisotopic (exact) mass is 609 g/mol. The second kappa shape index (κ2) is 11.4. The Balaban J connectivity index is 1.88. The molecule has 0 aromatic heterocycles.